The number of rotatable bonds is 12. The third-order valence-corrected chi connectivity index (χ3v) is 9.03. The number of halogens is 1. The molecule has 0 unspecified atom stereocenters. The molecule has 0 amide bonds. The largest absolute Gasteiger partial charge is 1.00 e. The number of benzene rings is 3. The van der Waals surface area contributed by atoms with E-state index >= 15 is 0 Å². The smallest absolute Gasteiger partial charge is 0.0786 e. The summed E-state index contributed by atoms with van der Waals surface area (Å²) in [6, 6.07) is 18.0. The van der Waals surface area contributed by atoms with Crippen LogP contribution in [-0.2, 0) is 17.6 Å². The van der Waals surface area contributed by atoms with Gasteiger partial charge in [0.05, 0.1) is 26.2 Å². The molecule has 3 aromatic carbocycles. The Hall–Kier alpha value is -1.97. The minimum absolute atomic E-state index is 0. The van der Waals surface area contributed by atoms with Crippen molar-refractivity contribution in [1.82, 2.24) is 0 Å². The Balaban J connectivity index is 0.000000241. The quantitative estimate of drug-likeness (QED) is 0.162. The highest BCUT2D eigenvalue weighted by Gasteiger charge is 2.24. The molecule has 0 radical (unpaired) electrons. The normalized spacial score (nSPS) is 14.4. The molecule has 0 N–H and O–H groups in total. The fourth-order valence-corrected chi connectivity index (χ4v) is 6.50. The zero-order chi connectivity index (χ0) is 28.5. The van der Waals surface area contributed by atoms with Crippen molar-refractivity contribution in [2.75, 3.05) is 39.4 Å². The minimum atomic E-state index is 0. The lowest BCUT2D eigenvalue weighted by Gasteiger charge is -2.39. The van der Waals surface area contributed by atoms with Crippen molar-refractivity contribution >= 4 is 21.5 Å². The number of hydrogen-bond donors (Lipinski definition) is 0. The third-order valence-electron chi connectivity index (χ3n) is 9.03. The van der Waals surface area contributed by atoms with E-state index in [0.29, 0.717) is 0 Å². The van der Waals surface area contributed by atoms with Crippen molar-refractivity contribution in [2.24, 2.45) is 0 Å². The van der Waals surface area contributed by atoms with Gasteiger partial charge >= 0.3 is 0 Å². The number of ether oxygens (including phenoxy) is 1. The summed E-state index contributed by atoms with van der Waals surface area (Å²) in [6.45, 7) is 17.0. The van der Waals surface area contributed by atoms with Crippen LogP contribution in [-0.4, -0.2) is 43.9 Å². The molecule has 0 aromatic heterocycles. The molecule has 1 aliphatic heterocycles. The van der Waals surface area contributed by atoms with Crippen LogP contribution in [0.15, 0.2) is 48.5 Å². The lowest BCUT2D eigenvalue weighted by atomic mass is 9.86. The molecule has 1 heterocycles. The monoisotopic (exact) mass is 565 g/mol. The standard InChI is InChI=1S/C18H16.C16H36N.C4H8O.FH/c1-3-7-15-13(5-1)9-11-18-16-8-4-2-6-14(16)10-12-17(15)18;1-5-9-13-17(14-10-6-2,15-11-7-3)16-12-8-4;1-2-4-5-3-1;/h1,3,5,7,9-12H,2,4,6,8H2;5-16H2,1-4H3;1-4H2;1H/q;+1;;/p-1. The zero-order valence-electron chi connectivity index (χ0n) is 27.0. The predicted octanol–water partition coefficient (Wildman–Crippen LogP) is 7.68. The van der Waals surface area contributed by atoms with E-state index in [1.54, 1.807) is 11.1 Å². The molecule has 230 valence electrons. The Kier molecular flexibility index (Phi) is 17.2. The van der Waals surface area contributed by atoms with E-state index in [1.807, 2.05) is 0 Å². The minimum Gasteiger partial charge on any atom is -1.00 e. The summed E-state index contributed by atoms with van der Waals surface area (Å²) < 4.78 is 6.36. The third kappa shape index (κ3) is 11.0. The molecule has 0 saturated carbocycles. The molecule has 1 fully saturated rings. The van der Waals surface area contributed by atoms with Gasteiger partial charge in [0.2, 0.25) is 0 Å². The van der Waals surface area contributed by atoms with Gasteiger partial charge in [-0.2, -0.15) is 0 Å². The summed E-state index contributed by atoms with van der Waals surface area (Å²) in [5, 5.41) is 5.64. The van der Waals surface area contributed by atoms with Crippen molar-refractivity contribution in [1.29, 1.82) is 0 Å². The number of nitrogens with zero attached hydrogens (tertiary/aromatic N) is 1. The van der Waals surface area contributed by atoms with E-state index in [1.165, 1.54) is 142 Å². The fourth-order valence-electron chi connectivity index (χ4n) is 6.50. The highest BCUT2D eigenvalue weighted by atomic mass is 19.0. The van der Waals surface area contributed by atoms with E-state index in [-0.39, 0.29) is 4.70 Å². The van der Waals surface area contributed by atoms with Crippen LogP contribution in [0.4, 0.5) is 0 Å². The molecule has 3 aromatic rings. The maximum Gasteiger partial charge on any atom is 0.0786 e. The van der Waals surface area contributed by atoms with E-state index in [4.69, 9.17) is 4.74 Å². The van der Waals surface area contributed by atoms with Crippen LogP contribution in [0.5, 0.6) is 0 Å². The highest BCUT2D eigenvalue weighted by Crippen LogP contribution is 2.33. The van der Waals surface area contributed by atoms with Crippen molar-refractivity contribution < 1.29 is 13.9 Å². The number of fused-ring (bicyclic) bond motifs is 5. The summed E-state index contributed by atoms with van der Waals surface area (Å²) in [6.07, 6.45) is 18.8. The Bertz CT molecular complexity index is 1060. The number of unbranched alkanes of at least 4 members (excludes halogenated alkanes) is 4. The molecule has 1 saturated heterocycles. The topological polar surface area (TPSA) is 9.23 Å². The van der Waals surface area contributed by atoms with Crippen molar-refractivity contribution in [3.05, 3.63) is 59.7 Å². The second-order valence-corrected chi connectivity index (χ2v) is 12.3. The average molecular weight is 566 g/mol. The fraction of sp³-hybridized carbons (Fsp3) is 0.632. The van der Waals surface area contributed by atoms with Crippen molar-refractivity contribution in [3.8, 4) is 0 Å². The van der Waals surface area contributed by atoms with Crippen LogP contribution in [0, 0.1) is 0 Å². The second kappa shape index (κ2) is 20.0. The van der Waals surface area contributed by atoms with E-state index < -0.39 is 0 Å². The maximum atomic E-state index is 4.94. The van der Waals surface area contributed by atoms with Gasteiger partial charge in [-0.05, 0) is 96.9 Å². The van der Waals surface area contributed by atoms with Crippen LogP contribution in [0.1, 0.15) is 116 Å². The van der Waals surface area contributed by atoms with Gasteiger partial charge in [0.15, 0.2) is 0 Å². The van der Waals surface area contributed by atoms with Gasteiger partial charge in [-0.3, -0.25) is 0 Å². The SMILES string of the molecule is C1CCOC1.CCCC[N+](CCCC)(CCCC)CCCC.[F-].c1ccc2c(c1)ccc1c3c(ccc12)CCCC3. The second-order valence-electron chi connectivity index (χ2n) is 12.3. The zero-order valence-corrected chi connectivity index (χ0v) is 27.0. The molecule has 0 atom stereocenters. The molecule has 2 nitrogen and oxygen atoms in total. The highest BCUT2D eigenvalue weighted by molar-refractivity contribution is 6.08. The number of quaternary nitrogens is 1. The van der Waals surface area contributed by atoms with E-state index in [0.717, 1.165) is 13.2 Å². The van der Waals surface area contributed by atoms with Crippen LogP contribution in [0.3, 0.4) is 0 Å². The molecule has 3 heteroatoms. The van der Waals surface area contributed by atoms with Gasteiger partial charge in [0.1, 0.15) is 0 Å². The first-order chi connectivity index (χ1) is 19.7. The maximum absolute atomic E-state index is 4.94. The summed E-state index contributed by atoms with van der Waals surface area (Å²) in [5.41, 5.74) is 3.17. The molecular formula is C38H60FNO. The predicted molar refractivity (Wildman–Crippen MR) is 178 cm³/mol. The molecule has 2 aliphatic rings. The summed E-state index contributed by atoms with van der Waals surface area (Å²) in [4.78, 5) is 0. The molecule has 0 bridgehead atoms. The molecular weight excluding hydrogens is 505 g/mol. The number of aryl methyl sites for hydroxylation is 2. The Morgan fingerprint density at radius 3 is 1.63 bits per heavy atom. The number of hydrogen-bond acceptors (Lipinski definition) is 1. The Labute approximate surface area is 251 Å². The van der Waals surface area contributed by atoms with Crippen LogP contribution < -0.4 is 4.70 Å². The van der Waals surface area contributed by atoms with Gasteiger partial charge in [-0.1, -0.05) is 102 Å². The van der Waals surface area contributed by atoms with Crippen LogP contribution in [0.25, 0.3) is 21.5 Å². The molecule has 41 heavy (non-hydrogen) atoms. The van der Waals surface area contributed by atoms with Crippen molar-refractivity contribution in [3.63, 3.8) is 0 Å². The van der Waals surface area contributed by atoms with Gasteiger partial charge in [-0.15, -0.1) is 0 Å². The molecule has 1 aliphatic carbocycles. The van der Waals surface area contributed by atoms with Gasteiger partial charge in [0.25, 0.3) is 0 Å². The van der Waals surface area contributed by atoms with E-state index in [2.05, 4.69) is 76.2 Å². The Morgan fingerprint density at radius 1 is 0.561 bits per heavy atom. The summed E-state index contributed by atoms with van der Waals surface area (Å²) in [7, 11) is 0. The Morgan fingerprint density at radius 2 is 1.10 bits per heavy atom. The first-order valence-corrected chi connectivity index (χ1v) is 17.0. The average Bonchev–Trinajstić information content (AvgIpc) is 3.61. The first kappa shape index (κ1) is 35.2. The molecule has 5 rings (SSSR count). The van der Waals surface area contributed by atoms with Gasteiger partial charge in [-0.25, -0.2) is 0 Å². The van der Waals surface area contributed by atoms with Crippen LogP contribution >= 0.6 is 0 Å². The van der Waals surface area contributed by atoms with Crippen molar-refractivity contribution in [2.45, 2.75) is 118 Å². The van der Waals surface area contributed by atoms with Crippen LogP contribution in [0.2, 0.25) is 0 Å². The molecule has 0 spiro atoms. The summed E-state index contributed by atoms with van der Waals surface area (Å²) in [5.74, 6) is 0. The lowest BCUT2D eigenvalue weighted by Crippen LogP contribution is -3.00. The van der Waals surface area contributed by atoms with Gasteiger partial charge in [0, 0.05) is 13.2 Å². The summed E-state index contributed by atoms with van der Waals surface area (Å²) >= 11 is 0. The first-order valence-electron chi connectivity index (χ1n) is 17.0. The van der Waals surface area contributed by atoms with Gasteiger partial charge < -0.3 is 13.9 Å². The van der Waals surface area contributed by atoms with E-state index in [9.17, 15) is 0 Å². The lowest BCUT2D eigenvalue weighted by molar-refractivity contribution is -0.929.